The van der Waals surface area contributed by atoms with Crippen molar-refractivity contribution >= 4 is 17.3 Å². The lowest BCUT2D eigenvalue weighted by Crippen LogP contribution is -2.41. The van der Waals surface area contributed by atoms with Gasteiger partial charge in [0.05, 0.1) is 23.8 Å². The molecule has 2 atom stereocenters. The Bertz CT molecular complexity index is 850. The molecule has 2 rings (SSSR count). The molecule has 0 saturated heterocycles. The maximum atomic E-state index is 12.8. The summed E-state index contributed by atoms with van der Waals surface area (Å²) in [5.74, 6) is 0.344. The summed E-state index contributed by atoms with van der Waals surface area (Å²) in [6, 6.07) is 12.0. The zero-order valence-corrected chi connectivity index (χ0v) is 17.6. The molecular formula is C22H29N3O4. The van der Waals surface area contributed by atoms with Gasteiger partial charge in [-0.3, -0.25) is 20.2 Å². The number of anilines is 1. The Labute approximate surface area is 171 Å². The van der Waals surface area contributed by atoms with Crippen LogP contribution in [0.1, 0.15) is 44.9 Å². The Balaban J connectivity index is 2.16. The van der Waals surface area contributed by atoms with Gasteiger partial charge in [-0.15, -0.1) is 0 Å². The number of nitrogens with zero attached hydrogens (tertiary/aromatic N) is 1. The van der Waals surface area contributed by atoms with Crippen LogP contribution in [0.25, 0.3) is 0 Å². The van der Waals surface area contributed by atoms with E-state index in [1.54, 1.807) is 6.92 Å². The molecule has 0 aliphatic heterocycles. The summed E-state index contributed by atoms with van der Waals surface area (Å²) in [5.41, 5.74) is 2.54. The van der Waals surface area contributed by atoms with E-state index in [4.69, 9.17) is 4.74 Å². The number of aryl methyl sites for hydroxylation is 1. The SMILES string of the molecule is CCc1ccc([C@H](N[C@@H](C)C(=O)Nc2cc([N+](=O)[O-])ccc2OC)C(C)C)cc1. The van der Waals surface area contributed by atoms with Crippen LogP contribution in [-0.4, -0.2) is 24.0 Å². The van der Waals surface area contributed by atoms with Crippen LogP contribution in [0.15, 0.2) is 42.5 Å². The van der Waals surface area contributed by atoms with Gasteiger partial charge in [-0.25, -0.2) is 0 Å². The highest BCUT2D eigenvalue weighted by molar-refractivity contribution is 5.96. The van der Waals surface area contributed by atoms with E-state index in [-0.39, 0.29) is 29.2 Å². The average molecular weight is 399 g/mol. The monoisotopic (exact) mass is 399 g/mol. The number of benzene rings is 2. The van der Waals surface area contributed by atoms with Crippen LogP contribution >= 0.6 is 0 Å². The zero-order valence-electron chi connectivity index (χ0n) is 17.6. The Hall–Kier alpha value is -2.93. The van der Waals surface area contributed by atoms with E-state index in [2.05, 4.69) is 55.7 Å². The molecule has 0 saturated carbocycles. The fourth-order valence-corrected chi connectivity index (χ4v) is 3.13. The smallest absolute Gasteiger partial charge is 0.271 e. The van der Waals surface area contributed by atoms with Gasteiger partial charge in [-0.1, -0.05) is 45.0 Å². The number of hydrogen-bond donors (Lipinski definition) is 2. The van der Waals surface area contributed by atoms with Crippen molar-refractivity contribution in [1.29, 1.82) is 0 Å². The van der Waals surface area contributed by atoms with Crippen molar-refractivity contribution in [1.82, 2.24) is 5.32 Å². The number of carbonyl (C=O) groups excluding carboxylic acids is 1. The summed E-state index contributed by atoms with van der Waals surface area (Å²) in [5, 5.41) is 17.2. The minimum Gasteiger partial charge on any atom is -0.495 e. The van der Waals surface area contributed by atoms with Crippen LogP contribution in [-0.2, 0) is 11.2 Å². The number of hydrogen-bond acceptors (Lipinski definition) is 5. The minimum absolute atomic E-state index is 0.00587. The predicted molar refractivity (Wildman–Crippen MR) is 114 cm³/mol. The predicted octanol–water partition coefficient (Wildman–Crippen LogP) is 4.48. The van der Waals surface area contributed by atoms with Crippen molar-refractivity contribution in [2.24, 2.45) is 5.92 Å². The van der Waals surface area contributed by atoms with Gasteiger partial charge >= 0.3 is 0 Å². The molecule has 29 heavy (non-hydrogen) atoms. The highest BCUT2D eigenvalue weighted by atomic mass is 16.6. The molecule has 2 aromatic carbocycles. The van der Waals surface area contributed by atoms with Crippen LogP contribution in [0.5, 0.6) is 5.75 Å². The molecule has 0 radical (unpaired) electrons. The standard InChI is InChI=1S/C22H29N3O4/c1-6-16-7-9-17(10-8-16)21(14(2)3)23-15(4)22(26)24-19-13-18(25(27)28)11-12-20(19)29-5/h7-15,21,23H,6H2,1-5H3,(H,24,26)/t15-,21+/m0/s1. The molecule has 7 nitrogen and oxygen atoms in total. The van der Waals surface area contributed by atoms with Gasteiger partial charge in [0.2, 0.25) is 5.91 Å². The van der Waals surface area contributed by atoms with Crippen LogP contribution in [0.4, 0.5) is 11.4 Å². The fourth-order valence-electron chi connectivity index (χ4n) is 3.13. The van der Waals surface area contributed by atoms with E-state index in [9.17, 15) is 14.9 Å². The van der Waals surface area contributed by atoms with Gasteiger partial charge in [0.15, 0.2) is 0 Å². The average Bonchev–Trinajstić information content (AvgIpc) is 2.71. The summed E-state index contributed by atoms with van der Waals surface area (Å²) in [4.78, 5) is 23.3. The molecule has 0 aromatic heterocycles. The van der Waals surface area contributed by atoms with Gasteiger partial charge in [0.1, 0.15) is 5.75 Å². The summed E-state index contributed by atoms with van der Waals surface area (Å²) < 4.78 is 5.21. The van der Waals surface area contributed by atoms with Crippen molar-refractivity contribution < 1.29 is 14.5 Å². The lowest BCUT2D eigenvalue weighted by molar-refractivity contribution is -0.384. The second kappa shape index (κ2) is 10.0. The minimum atomic E-state index is -0.516. The van der Waals surface area contributed by atoms with Gasteiger partial charge < -0.3 is 10.1 Å². The van der Waals surface area contributed by atoms with Crippen LogP contribution in [0.2, 0.25) is 0 Å². The highest BCUT2D eigenvalue weighted by Gasteiger charge is 2.23. The molecule has 2 N–H and O–H groups in total. The fraction of sp³-hybridized carbons (Fsp3) is 0.409. The third kappa shape index (κ3) is 5.77. The quantitative estimate of drug-likeness (QED) is 0.479. The zero-order chi connectivity index (χ0) is 21.6. The maximum absolute atomic E-state index is 12.8. The van der Waals surface area contributed by atoms with Crippen LogP contribution < -0.4 is 15.4 Å². The van der Waals surface area contributed by atoms with E-state index in [1.807, 2.05) is 0 Å². The first-order valence-corrected chi connectivity index (χ1v) is 9.75. The van der Waals surface area contributed by atoms with E-state index >= 15 is 0 Å². The number of ether oxygens (including phenoxy) is 1. The normalized spacial score (nSPS) is 13.0. The molecule has 0 aliphatic rings. The molecule has 7 heteroatoms. The van der Waals surface area contributed by atoms with Crippen LogP contribution in [0, 0.1) is 16.0 Å². The molecule has 156 valence electrons. The van der Waals surface area contributed by atoms with E-state index in [1.165, 1.54) is 30.9 Å². The van der Waals surface area contributed by atoms with Crippen molar-refractivity contribution in [3.8, 4) is 5.75 Å². The number of nitro benzene ring substituents is 1. The lowest BCUT2D eigenvalue weighted by Gasteiger charge is -2.27. The Morgan fingerprint density at radius 1 is 1.14 bits per heavy atom. The second-order valence-electron chi connectivity index (χ2n) is 7.34. The largest absolute Gasteiger partial charge is 0.495 e. The molecule has 2 aromatic rings. The lowest BCUT2D eigenvalue weighted by atomic mass is 9.94. The van der Waals surface area contributed by atoms with Gasteiger partial charge in [-0.2, -0.15) is 0 Å². The third-order valence-electron chi connectivity index (χ3n) is 4.89. The first-order chi connectivity index (χ1) is 13.8. The topological polar surface area (TPSA) is 93.5 Å². The third-order valence-corrected chi connectivity index (χ3v) is 4.89. The van der Waals surface area contributed by atoms with E-state index < -0.39 is 11.0 Å². The molecule has 0 aliphatic carbocycles. The van der Waals surface area contributed by atoms with Crippen LogP contribution in [0.3, 0.4) is 0 Å². The van der Waals surface area contributed by atoms with Crippen molar-refractivity contribution in [3.63, 3.8) is 0 Å². The second-order valence-corrected chi connectivity index (χ2v) is 7.34. The highest BCUT2D eigenvalue weighted by Crippen LogP contribution is 2.29. The number of nitrogens with one attached hydrogen (secondary N) is 2. The molecule has 0 fully saturated rings. The molecule has 0 heterocycles. The number of carbonyl (C=O) groups is 1. The maximum Gasteiger partial charge on any atom is 0.271 e. The van der Waals surface area contributed by atoms with Gasteiger partial charge in [0.25, 0.3) is 5.69 Å². The molecule has 0 spiro atoms. The summed E-state index contributed by atoms with van der Waals surface area (Å²) in [7, 11) is 1.45. The van der Waals surface area contributed by atoms with E-state index in [0.717, 1.165) is 12.0 Å². The molecular weight excluding hydrogens is 370 g/mol. The summed E-state index contributed by atoms with van der Waals surface area (Å²) in [6.07, 6.45) is 0.976. The first kappa shape index (κ1) is 22.4. The first-order valence-electron chi connectivity index (χ1n) is 9.75. The Morgan fingerprint density at radius 2 is 1.79 bits per heavy atom. The number of methoxy groups -OCH3 is 1. The summed E-state index contributed by atoms with van der Waals surface area (Å²) >= 11 is 0. The van der Waals surface area contributed by atoms with Gasteiger partial charge in [0, 0.05) is 18.2 Å². The van der Waals surface area contributed by atoms with Crippen molar-refractivity contribution in [2.45, 2.75) is 46.2 Å². The number of amides is 1. The molecule has 0 bridgehead atoms. The number of nitro groups is 1. The van der Waals surface area contributed by atoms with E-state index in [0.29, 0.717) is 5.75 Å². The van der Waals surface area contributed by atoms with Crippen molar-refractivity contribution in [2.75, 3.05) is 12.4 Å². The Kier molecular flexibility index (Phi) is 7.73. The number of non-ortho nitro benzene ring substituents is 1. The van der Waals surface area contributed by atoms with Crippen molar-refractivity contribution in [3.05, 3.63) is 63.7 Å². The Morgan fingerprint density at radius 3 is 2.31 bits per heavy atom. The molecule has 0 unspecified atom stereocenters. The summed E-state index contributed by atoms with van der Waals surface area (Å²) in [6.45, 7) is 8.08. The van der Waals surface area contributed by atoms with Gasteiger partial charge in [-0.05, 0) is 36.5 Å². The number of rotatable bonds is 9. The molecule has 1 amide bonds.